The number of imidazole rings is 1. The Labute approximate surface area is 176 Å². The third-order valence-corrected chi connectivity index (χ3v) is 5.96. The Kier molecular flexibility index (Phi) is 5.82. The molecule has 1 unspecified atom stereocenters. The van der Waals surface area contributed by atoms with Crippen molar-refractivity contribution in [3.8, 4) is 17.0 Å². The fraction of sp³-hybridized carbons (Fsp3) is 0.190. The lowest BCUT2D eigenvalue weighted by molar-refractivity contribution is -0.115. The quantitative estimate of drug-likeness (QED) is 0.398. The number of anilines is 1. The van der Waals surface area contributed by atoms with Gasteiger partial charge in [0, 0.05) is 10.9 Å². The van der Waals surface area contributed by atoms with Gasteiger partial charge in [-0.3, -0.25) is 4.79 Å². The molecular weight excluding hydrogens is 404 g/mol. The summed E-state index contributed by atoms with van der Waals surface area (Å²) in [6.07, 6.45) is 0. The largest absolute Gasteiger partial charge is 0.494 e. The molecule has 1 amide bonds. The number of aromatic nitrogens is 3. The zero-order valence-corrected chi connectivity index (χ0v) is 17.6. The Bertz CT molecular complexity index is 1090. The fourth-order valence-electron chi connectivity index (χ4n) is 2.77. The summed E-state index contributed by atoms with van der Waals surface area (Å²) in [6.45, 7) is 4.45. The van der Waals surface area contributed by atoms with E-state index in [9.17, 15) is 4.79 Å². The zero-order chi connectivity index (χ0) is 20.2. The minimum Gasteiger partial charge on any atom is -0.494 e. The highest BCUT2D eigenvalue weighted by Crippen LogP contribution is 2.28. The number of rotatable bonds is 7. The van der Waals surface area contributed by atoms with Crippen molar-refractivity contribution in [1.29, 1.82) is 0 Å². The van der Waals surface area contributed by atoms with Crippen molar-refractivity contribution in [3.63, 3.8) is 0 Å². The first kappa shape index (κ1) is 19.5. The van der Waals surface area contributed by atoms with Gasteiger partial charge in [-0.15, -0.1) is 11.3 Å². The van der Waals surface area contributed by atoms with Crippen LogP contribution in [-0.4, -0.2) is 32.7 Å². The molecule has 0 aliphatic carbocycles. The van der Waals surface area contributed by atoms with Crippen LogP contribution in [0.15, 0.2) is 59.1 Å². The molecular formula is C21H20N4O2S2. The normalized spacial score (nSPS) is 12.1. The molecule has 2 aromatic carbocycles. The maximum absolute atomic E-state index is 12.6. The van der Waals surface area contributed by atoms with Gasteiger partial charge >= 0.3 is 0 Å². The minimum atomic E-state index is -0.312. The average Bonchev–Trinajstić information content (AvgIpc) is 3.35. The molecule has 4 aromatic rings. The average molecular weight is 425 g/mol. The number of aromatic amines is 1. The van der Waals surface area contributed by atoms with Crippen molar-refractivity contribution in [2.24, 2.45) is 0 Å². The number of amides is 1. The Morgan fingerprint density at radius 3 is 2.76 bits per heavy atom. The summed E-state index contributed by atoms with van der Waals surface area (Å²) in [6, 6.07) is 15.6. The molecule has 2 heterocycles. The molecule has 29 heavy (non-hydrogen) atoms. The number of nitrogens with one attached hydrogen (secondary N) is 2. The Balaban J connectivity index is 1.39. The molecule has 2 N–H and O–H groups in total. The van der Waals surface area contributed by atoms with E-state index in [0.717, 1.165) is 33.2 Å². The molecule has 8 heteroatoms. The molecule has 6 nitrogen and oxygen atoms in total. The summed E-state index contributed by atoms with van der Waals surface area (Å²) in [7, 11) is 0. The van der Waals surface area contributed by atoms with E-state index in [1.807, 2.05) is 67.8 Å². The topological polar surface area (TPSA) is 79.9 Å². The van der Waals surface area contributed by atoms with E-state index in [4.69, 9.17) is 4.74 Å². The minimum absolute atomic E-state index is 0.108. The SMILES string of the molecule is CCOc1ccc(-c2csc(NC(=O)C(C)Sc3nc4ccccc4[nH]3)n2)cc1. The van der Waals surface area contributed by atoms with Crippen LogP contribution in [0.25, 0.3) is 22.3 Å². The van der Waals surface area contributed by atoms with Gasteiger partial charge in [0.1, 0.15) is 5.75 Å². The number of hydrogen-bond donors (Lipinski definition) is 2. The summed E-state index contributed by atoms with van der Waals surface area (Å²) < 4.78 is 5.46. The smallest absolute Gasteiger partial charge is 0.239 e. The van der Waals surface area contributed by atoms with Crippen molar-refractivity contribution in [2.45, 2.75) is 24.3 Å². The summed E-state index contributed by atoms with van der Waals surface area (Å²) >= 11 is 2.80. The monoisotopic (exact) mass is 424 g/mol. The van der Waals surface area contributed by atoms with Crippen LogP contribution in [-0.2, 0) is 4.79 Å². The molecule has 148 valence electrons. The van der Waals surface area contributed by atoms with Crippen LogP contribution in [0.4, 0.5) is 5.13 Å². The number of ether oxygens (including phenoxy) is 1. The van der Waals surface area contributed by atoms with Gasteiger partial charge in [0.25, 0.3) is 0 Å². The zero-order valence-electron chi connectivity index (χ0n) is 16.0. The van der Waals surface area contributed by atoms with E-state index < -0.39 is 0 Å². The molecule has 2 aromatic heterocycles. The van der Waals surface area contributed by atoms with Crippen LogP contribution in [0.2, 0.25) is 0 Å². The molecule has 4 rings (SSSR count). The lowest BCUT2D eigenvalue weighted by Gasteiger charge is -2.08. The molecule has 0 radical (unpaired) electrons. The number of hydrogen-bond acceptors (Lipinski definition) is 6. The highest BCUT2D eigenvalue weighted by atomic mass is 32.2. The fourth-order valence-corrected chi connectivity index (χ4v) is 4.31. The molecule has 0 fully saturated rings. The lowest BCUT2D eigenvalue weighted by atomic mass is 10.2. The van der Waals surface area contributed by atoms with Gasteiger partial charge < -0.3 is 15.0 Å². The highest BCUT2D eigenvalue weighted by Gasteiger charge is 2.18. The maximum atomic E-state index is 12.6. The molecule has 1 atom stereocenters. The van der Waals surface area contributed by atoms with Gasteiger partial charge in [-0.1, -0.05) is 23.9 Å². The number of carbonyl (C=O) groups is 1. The van der Waals surface area contributed by atoms with Crippen LogP contribution in [0.5, 0.6) is 5.75 Å². The van der Waals surface area contributed by atoms with Crippen molar-refractivity contribution in [3.05, 3.63) is 53.9 Å². The van der Waals surface area contributed by atoms with E-state index in [1.165, 1.54) is 23.1 Å². The molecule has 0 saturated heterocycles. The summed E-state index contributed by atoms with van der Waals surface area (Å²) in [5, 5.41) is 5.82. The molecule has 0 aliphatic heterocycles. The van der Waals surface area contributed by atoms with E-state index >= 15 is 0 Å². The first-order chi connectivity index (χ1) is 14.1. The van der Waals surface area contributed by atoms with E-state index in [-0.39, 0.29) is 11.2 Å². The third kappa shape index (κ3) is 4.60. The van der Waals surface area contributed by atoms with Gasteiger partial charge in [-0.05, 0) is 50.2 Å². The van der Waals surface area contributed by atoms with Gasteiger partial charge in [0.15, 0.2) is 10.3 Å². The highest BCUT2D eigenvalue weighted by molar-refractivity contribution is 8.00. The number of benzene rings is 2. The number of nitrogens with zero attached hydrogens (tertiary/aromatic N) is 2. The number of H-pyrrole nitrogens is 1. The van der Waals surface area contributed by atoms with E-state index in [2.05, 4.69) is 20.3 Å². The van der Waals surface area contributed by atoms with Crippen LogP contribution < -0.4 is 10.1 Å². The third-order valence-electron chi connectivity index (χ3n) is 4.22. The van der Waals surface area contributed by atoms with Crippen LogP contribution >= 0.6 is 23.1 Å². The van der Waals surface area contributed by atoms with Crippen molar-refractivity contribution in [2.75, 3.05) is 11.9 Å². The number of thiazole rings is 1. The number of para-hydroxylation sites is 2. The second kappa shape index (κ2) is 8.67. The van der Waals surface area contributed by atoms with Gasteiger partial charge in [-0.2, -0.15) is 0 Å². The predicted octanol–water partition coefficient (Wildman–Crippen LogP) is 5.20. The van der Waals surface area contributed by atoms with Gasteiger partial charge in [-0.25, -0.2) is 9.97 Å². The molecule has 0 saturated carbocycles. The van der Waals surface area contributed by atoms with Crippen LogP contribution in [0, 0.1) is 0 Å². The Hall–Kier alpha value is -2.84. The maximum Gasteiger partial charge on any atom is 0.239 e. The first-order valence-corrected chi connectivity index (χ1v) is 11.0. The van der Waals surface area contributed by atoms with E-state index in [0.29, 0.717) is 11.7 Å². The number of fused-ring (bicyclic) bond motifs is 1. The van der Waals surface area contributed by atoms with Gasteiger partial charge in [0.2, 0.25) is 5.91 Å². The summed E-state index contributed by atoms with van der Waals surface area (Å²) in [5.41, 5.74) is 3.66. The number of thioether (sulfide) groups is 1. The van der Waals surface area contributed by atoms with Crippen molar-refractivity contribution in [1.82, 2.24) is 15.0 Å². The number of carbonyl (C=O) groups excluding carboxylic acids is 1. The second-order valence-corrected chi connectivity index (χ2v) is 8.49. The van der Waals surface area contributed by atoms with Crippen molar-refractivity contribution < 1.29 is 9.53 Å². The Morgan fingerprint density at radius 2 is 2.00 bits per heavy atom. The molecule has 0 spiro atoms. The molecule has 0 bridgehead atoms. The van der Waals surface area contributed by atoms with Crippen LogP contribution in [0.1, 0.15) is 13.8 Å². The van der Waals surface area contributed by atoms with Crippen molar-refractivity contribution >= 4 is 45.2 Å². The Morgan fingerprint density at radius 1 is 1.21 bits per heavy atom. The summed E-state index contributed by atoms with van der Waals surface area (Å²) in [5.74, 6) is 0.722. The first-order valence-electron chi connectivity index (χ1n) is 9.23. The second-order valence-electron chi connectivity index (χ2n) is 6.30. The summed E-state index contributed by atoms with van der Waals surface area (Å²) in [4.78, 5) is 24.8. The standard InChI is InChI=1S/C21H20N4O2S2/c1-3-27-15-10-8-14(9-11-15)18-12-28-20(24-18)25-19(26)13(2)29-21-22-16-6-4-5-7-17(16)23-21/h4-13H,3H2,1-2H3,(H,22,23)(H,24,25,26). The van der Waals surface area contributed by atoms with E-state index in [1.54, 1.807) is 0 Å². The van der Waals surface area contributed by atoms with Gasteiger partial charge in [0.05, 0.1) is 28.6 Å². The molecule has 0 aliphatic rings. The van der Waals surface area contributed by atoms with Crippen LogP contribution in [0.3, 0.4) is 0 Å². The lowest BCUT2D eigenvalue weighted by Crippen LogP contribution is -2.22. The predicted molar refractivity (Wildman–Crippen MR) is 119 cm³/mol.